The van der Waals surface area contributed by atoms with E-state index in [1.54, 1.807) is 7.05 Å². The van der Waals surface area contributed by atoms with Crippen LogP contribution in [-0.2, 0) is 9.59 Å². The minimum absolute atomic E-state index is 0.0182. The van der Waals surface area contributed by atoms with Gasteiger partial charge in [-0.05, 0) is 32.9 Å². The molecule has 0 spiro atoms. The number of piperidine rings is 1. The van der Waals surface area contributed by atoms with Crippen molar-refractivity contribution in [3.8, 4) is 0 Å². The maximum absolute atomic E-state index is 12.3. The molecular weight excluding hydrogens is 268 g/mol. The summed E-state index contributed by atoms with van der Waals surface area (Å²) in [5.74, 6) is -0.0669. The second kappa shape index (κ2) is 9.73. The van der Waals surface area contributed by atoms with Gasteiger partial charge in [0.2, 0.25) is 11.8 Å². The lowest BCUT2D eigenvalue weighted by molar-refractivity contribution is -0.136. The number of rotatable bonds is 8. The summed E-state index contributed by atoms with van der Waals surface area (Å²) in [4.78, 5) is 27.7. The summed E-state index contributed by atoms with van der Waals surface area (Å²) < 4.78 is 0. The van der Waals surface area contributed by atoms with Crippen LogP contribution in [0.25, 0.3) is 0 Å². The highest BCUT2D eigenvalue weighted by Crippen LogP contribution is 2.16. The lowest BCUT2D eigenvalue weighted by Crippen LogP contribution is -2.50. The van der Waals surface area contributed by atoms with Gasteiger partial charge in [-0.1, -0.05) is 13.3 Å². The molecule has 122 valence electrons. The number of likely N-dealkylation sites (N-methyl/N-ethyl adjacent to an activating group) is 2. The summed E-state index contributed by atoms with van der Waals surface area (Å²) in [6.45, 7) is 5.10. The van der Waals surface area contributed by atoms with Crippen LogP contribution in [0.4, 0.5) is 0 Å². The van der Waals surface area contributed by atoms with Crippen molar-refractivity contribution in [1.82, 2.24) is 20.4 Å². The fourth-order valence-corrected chi connectivity index (χ4v) is 2.65. The first kappa shape index (κ1) is 17.9. The summed E-state index contributed by atoms with van der Waals surface area (Å²) in [6.07, 6.45) is 4.41. The third-order valence-corrected chi connectivity index (χ3v) is 3.91. The molecule has 21 heavy (non-hydrogen) atoms. The maximum atomic E-state index is 12.3. The minimum Gasteiger partial charge on any atom is -0.355 e. The first-order valence-corrected chi connectivity index (χ1v) is 7.97. The summed E-state index contributed by atoms with van der Waals surface area (Å²) in [5, 5.41) is 5.99. The summed E-state index contributed by atoms with van der Waals surface area (Å²) in [7, 11) is 3.64. The Bertz CT molecular complexity index is 334. The number of carbonyl (C=O) groups is 2. The molecule has 0 bridgehead atoms. The molecule has 0 aromatic heterocycles. The van der Waals surface area contributed by atoms with Crippen molar-refractivity contribution >= 4 is 11.8 Å². The number of likely N-dealkylation sites (tertiary alicyclic amines) is 1. The van der Waals surface area contributed by atoms with Gasteiger partial charge in [0.15, 0.2) is 0 Å². The Labute approximate surface area is 128 Å². The molecule has 6 nitrogen and oxygen atoms in total. The zero-order chi connectivity index (χ0) is 15.7. The van der Waals surface area contributed by atoms with Crippen molar-refractivity contribution in [3.05, 3.63) is 0 Å². The Hall–Kier alpha value is -1.14. The molecule has 0 saturated carbocycles. The van der Waals surface area contributed by atoms with Crippen molar-refractivity contribution in [3.63, 3.8) is 0 Å². The van der Waals surface area contributed by atoms with E-state index in [-0.39, 0.29) is 18.4 Å². The Morgan fingerprint density at radius 2 is 2.10 bits per heavy atom. The number of hydrogen-bond acceptors (Lipinski definition) is 4. The molecule has 0 radical (unpaired) electrons. The van der Waals surface area contributed by atoms with Gasteiger partial charge in [-0.2, -0.15) is 0 Å². The molecule has 2 N–H and O–H groups in total. The number of hydrogen-bond donors (Lipinski definition) is 2. The van der Waals surface area contributed by atoms with Crippen molar-refractivity contribution < 1.29 is 9.59 Å². The van der Waals surface area contributed by atoms with Gasteiger partial charge in [0.05, 0.1) is 13.1 Å². The predicted octanol–water partition coefficient (Wildman–Crippen LogP) is 0.0449. The van der Waals surface area contributed by atoms with Gasteiger partial charge in [0, 0.05) is 26.2 Å². The molecule has 1 heterocycles. The Kier molecular flexibility index (Phi) is 8.30. The zero-order valence-electron chi connectivity index (χ0n) is 13.7. The first-order valence-electron chi connectivity index (χ1n) is 7.97. The van der Waals surface area contributed by atoms with Crippen molar-refractivity contribution in [2.75, 3.05) is 46.8 Å². The van der Waals surface area contributed by atoms with Gasteiger partial charge < -0.3 is 15.5 Å². The van der Waals surface area contributed by atoms with Crippen LogP contribution in [0.5, 0.6) is 0 Å². The summed E-state index contributed by atoms with van der Waals surface area (Å²) in [5.41, 5.74) is 0. The van der Waals surface area contributed by atoms with Crippen molar-refractivity contribution in [2.45, 2.75) is 38.6 Å². The van der Waals surface area contributed by atoms with E-state index in [4.69, 9.17) is 0 Å². The average Bonchev–Trinajstić information content (AvgIpc) is 2.47. The molecule has 1 fully saturated rings. The topological polar surface area (TPSA) is 64.7 Å². The second-order valence-electron chi connectivity index (χ2n) is 5.78. The smallest absolute Gasteiger partial charge is 0.239 e. The monoisotopic (exact) mass is 298 g/mol. The molecule has 0 aromatic rings. The number of amides is 2. The van der Waals surface area contributed by atoms with E-state index >= 15 is 0 Å². The van der Waals surface area contributed by atoms with Gasteiger partial charge >= 0.3 is 0 Å². The van der Waals surface area contributed by atoms with Crippen LogP contribution in [0, 0.1) is 0 Å². The molecule has 1 rings (SSSR count). The van der Waals surface area contributed by atoms with Crippen LogP contribution in [0.3, 0.4) is 0 Å². The van der Waals surface area contributed by atoms with Crippen LogP contribution < -0.4 is 10.6 Å². The van der Waals surface area contributed by atoms with Gasteiger partial charge in [0.1, 0.15) is 0 Å². The van der Waals surface area contributed by atoms with Gasteiger partial charge in [-0.25, -0.2) is 0 Å². The molecule has 0 aromatic carbocycles. The second-order valence-corrected chi connectivity index (χ2v) is 5.78. The third kappa shape index (κ3) is 6.44. The van der Waals surface area contributed by atoms with E-state index in [9.17, 15) is 9.59 Å². The van der Waals surface area contributed by atoms with E-state index < -0.39 is 0 Å². The zero-order valence-corrected chi connectivity index (χ0v) is 13.7. The van der Waals surface area contributed by atoms with Crippen molar-refractivity contribution in [2.24, 2.45) is 0 Å². The molecule has 1 saturated heterocycles. The Morgan fingerprint density at radius 3 is 2.76 bits per heavy atom. The number of nitrogens with one attached hydrogen (secondary N) is 2. The molecular formula is C15H30N4O2. The quantitative estimate of drug-likeness (QED) is 0.664. The van der Waals surface area contributed by atoms with Crippen LogP contribution in [0.2, 0.25) is 0 Å². The summed E-state index contributed by atoms with van der Waals surface area (Å²) >= 11 is 0. The third-order valence-electron chi connectivity index (χ3n) is 3.91. The molecule has 0 aliphatic carbocycles. The fourth-order valence-electron chi connectivity index (χ4n) is 2.65. The average molecular weight is 298 g/mol. The van der Waals surface area contributed by atoms with Crippen LogP contribution in [0.15, 0.2) is 0 Å². The SMILES string of the molecule is CCCNC(=O)CN(C)C(=O)CN1CCCCC1CNC. The molecule has 1 atom stereocenters. The molecule has 1 aliphatic rings. The highest BCUT2D eigenvalue weighted by molar-refractivity contribution is 5.85. The van der Waals surface area contributed by atoms with E-state index in [0.29, 0.717) is 19.1 Å². The molecule has 2 amide bonds. The Morgan fingerprint density at radius 1 is 1.33 bits per heavy atom. The van der Waals surface area contributed by atoms with Crippen LogP contribution in [0.1, 0.15) is 32.6 Å². The standard InChI is InChI=1S/C15H30N4O2/c1-4-8-17-14(20)11-18(3)15(21)12-19-9-6-5-7-13(19)10-16-2/h13,16H,4-12H2,1-3H3,(H,17,20). The molecule has 6 heteroatoms. The number of nitrogens with zero attached hydrogens (tertiary/aromatic N) is 2. The maximum Gasteiger partial charge on any atom is 0.239 e. The minimum atomic E-state index is -0.0851. The normalized spacial score (nSPS) is 19.3. The van der Waals surface area contributed by atoms with Gasteiger partial charge in [-0.3, -0.25) is 14.5 Å². The van der Waals surface area contributed by atoms with E-state index in [2.05, 4.69) is 15.5 Å². The Balaban J connectivity index is 2.41. The molecule has 1 aliphatic heterocycles. The highest BCUT2D eigenvalue weighted by Gasteiger charge is 2.25. The van der Waals surface area contributed by atoms with Crippen molar-refractivity contribution in [1.29, 1.82) is 0 Å². The lowest BCUT2D eigenvalue weighted by atomic mass is 10.0. The van der Waals surface area contributed by atoms with Crippen LogP contribution >= 0.6 is 0 Å². The lowest BCUT2D eigenvalue weighted by Gasteiger charge is -2.35. The number of carbonyl (C=O) groups excluding carboxylic acids is 2. The highest BCUT2D eigenvalue weighted by atomic mass is 16.2. The largest absolute Gasteiger partial charge is 0.355 e. The first-order chi connectivity index (χ1) is 10.1. The van der Waals surface area contributed by atoms with Gasteiger partial charge in [0.25, 0.3) is 0 Å². The van der Waals surface area contributed by atoms with Crippen LogP contribution in [-0.4, -0.2) is 74.5 Å². The molecule has 1 unspecified atom stereocenters. The van der Waals surface area contributed by atoms with E-state index in [1.165, 1.54) is 11.3 Å². The van der Waals surface area contributed by atoms with Gasteiger partial charge in [-0.15, -0.1) is 0 Å². The predicted molar refractivity (Wildman–Crippen MR) is 84.1 cm³/mol. The fraction of sp³-hybridized carbons (Fsp3) is 0.867. The summed E-state index contributed by atoms with van der Waals surface area (Å²) in [6, 6.07) is 0.426. The van der Waals surface area contributed by atoms with E-state index in [1.807, 2.05) is 14.0 Å². The van der Waals surface area contributed by atoms with E-state index in [0.717, 1.165) is 32.4 Å².